The van der Waals surface area contributed by atoms with E-state index in [4.69, 9.17) is 15.3 Å². The molecule has 2 saturated heterocycles. The smallest absolute Gasteiger partial charge is 0.257 e. The van der Waals surface area contributed by atoms with Gasteiger partial charge in [-0.15, -0.1) is 0 Å². The third-order valence-corrected chi connectivity index (χ3v) is 6.30. The maximum Gasteiger partial charge on any atom is 0.257 e. The molecule has 7 nitrogen and oxygen atoms in total. The lowest BCUT2D eigenvalue weighted by Gasteiger charge is -2.34. The van der Waals surface area contributed by atoms with Gasteiger partial charge in [0.2, 0.25) is 0 Å². The van der Waals surface area contributed by atoms with E-state index in [1.54, 1.807) is 9.42 Å². The van der Waals surface area contributed by atoms with Crippen LogP contribution in [0.4, 0.5) is 14.6 Å². The summed E-state index contributed by atoms with van der Waals surface area (Å²) in [4.78, 5) is 21.9. The number of carbonyl (C=O) groups is 1. The summed E-state index contributed by atoms with van der Waals surface area (Å²) in [6.45, 7) is 8.08. The number of halogens is 2. The monoisotopic (exact) mass is 452 g/mol. The molecule has 33 heavy (non-hydrogen) atoms. The molecule has 0 radical (unpaired) electrons. The van der Waals surface area contributed by atoms with Crippen molar-refractivity contribution in [1.82, 2.24) is 19.5 Å². The fraction of sp³-hybridized carbons (Fsp3) is 0.417. The van der Waals surface area contributed by atoms with Gasteiger partial charge in [0, 0.05) is 50.1 Å². The van der Waals surface area contributed by atoms with Crippen molar-refractivity contribution >= 4 is 17.4 Å². The molecule has 0 spiro atoms. The van der Waals surface area contributed by atoms with E-state index in [0.717, 1.165) is 67.2 Å². The van der Waals surface area contributed by atoms with E-state index in [2.05, 4.69) is 11.5 Å². The van der Waals surface area contributed by atoms with Crippen LogP contribution in [0.5, 0.6) is 0 Å². The largest absolute Gasteiger partial charge is 0.356 e. The molecule has 2 aromatic heterocycles. The second-order valence-electron chi connectivity index (χ2n) is 8.45. The first-order valence-corrected chi connectivity index (χ1v) is 11.1. The number of piperidine rings is 1. The van der Waals surface area contributed by atoms with E-state index in [9.17, 15) is 13.6 Å². The number of aryl methyl sites for hydroxylation is 1. The molecule has 4 heterocycles. The lowest BCUT2D eigenvalue weighted by atomic mass is 9.98. The molecule has 9 heteroatoms. The standard InChI is InChI=1S/C23H25F2N5O.CHN/c1-15-14-30-21(26-22(15)28-9-4-5-10-28)13-19(27-30)20-6-2-3-11-29(20)23(31)17-8-7-16(24)12-18(17)25;1-2/h7-8,12-14,20H,2-6,9-11H2,1H3;1H. The molecular formula is C24H26F2N6O. The summed E-state index contributed by atoms with van der Waals surface area (Å²) in [6.07, 6.45) is 6.88. The normalized spacial score (nSPS) is 18.3. The Morgan fingerprint density at radius 2 is 1.82 bits per heavy atom. The van der Waals surface area contributed by atoms with Crippen molar-refractivity contribution in [2.24, 2.45) is 0 Å². The van der Waals surface area contributed by atoms with E-state index >= 15 is 0 Å². The summed E-state index contributed by atoms with van der Waals surface area (Å²) >= 11 is 0. The molecule has 1 unspecified atom stereocenters. The molecule has 1 amide bonds. The van der Waals surface area contributed by atoms with E-state index in [0.29, 0.717) is 6.54 Å². The van der Waals surface area contributed by atoms with Gasteiger partial charge < -0.3 is 9.80 Å². The number of carbonyl (C=O) groups excluding carboxylic acids is 1. The average molecular weight is 453 g/mol. The molecule has 172 valence electrons. The zero-order valence-electron chi connectivity index (χ0n) is 18.5. The summed E-state index contributed by atoms with van der Waals surface area (Å²) < 4.78 is 29.3. The van der Waals surface area contributed by atoms with E-state index < -0.39 is 17.5 Å². The van der Waals surface area contributed by atoms with Gasteiger partial charge in [0.25, 0.3) is 5.91 Å². The topological polar surface area (TPSA) is 77.5 Å². The van der Waals surface area contributed by atoms with Gasteiger partial charge in [-0.05, 0) is 51.2 Å². The lowest BCUT2D eigenvalue weighted by molar-refractivity contribution is 0.0601. The van der Waals surface area contributed by atoms with Crippen molar-refractivity contribution in [3.8, 4) is 6.57 Å². The van der Waals surface area contributed by atoms with Gasteiger partial charge in [-0.2, -0.15) is 5.10 Å². The third kappa shape index (κ3) is 4.38. The molecular weight excluding hydrogens is 426 g/mol. The first-order chi connectivity index (χ1) is 16.0. The van der Waals surface area contributed by atoms with Gasteiger partial charge in [-0.3, -0.25) is 4.79 Å². The fourth-order valence-electron chi connectivity index (χ4n) is 4.73. The Kier molecular flexibility index (Phi) is 6.54. The lowest BCUT2D eigenvalue weighted by Crippen LogP contribution is -2.39. The number of nitrogens with zero attached hydrogens (tertiary/aromatic N) is 6. The maximum absolute atomic E-state index is 14.3. The van der Waals surface area contributed by atoms with Crippen molar-refractivity contribution in [2.45, 2.75) is 45.1 Å². The highest BCUT2D eigenvalue weighted by Crippen LogP contribution is 2.33. The second-order valence-corrected chi connectivity index (χ2v) is 8.45. The van der Waals surface area contributed by atoms with Gasteiger partial charge in [0.05, 0.1) is 17.3 Å². The first-order valence-electron chi connectivity index (χ1n) is 11.1. The number of rotatable bonds is 3. The van der Waals surface area contributed by atoms with E-state index in [1.165, 1.54) is 18.9 Å². The number of nitriles is 1. The second kappa shape index (κ2) is 9.53. The van der Waals surface area contributed by atoms with Crippen LogP contribution in [-0.4, -0.2) is 45.0 Å². The highest BCUT2D eigenvalue weighted by atomic mass is 19.1. The number of benzene rings is 1. The minimum atomic E-state index is -0.836. The zero-order chi connectivity index (χ0) is 23.5. The molecule has 5 rings (SSSR count). The Bertz CT molecular complexity index is 1180. The minimum Gasteiger partial charge on any atom is -0.356 e. The molecule has 0 saturated carbocycles. The molecule has 0 N–H and O–H groups in total. The minimum absolute atomic E-state index is 0.109. The Labute approximate surface area is 191 Å². The molecule has 2 aliphatic rings. The van der Waals surface area contributed by atoms with Crippen LogP contribution in [-0.2, 0) is 0 Å². The SMILES string of the molecule is C#N.Cc1cn2nc(C3CCCCN3C(=O)c3ccc(F)cc3F)cc2nc1N1CCCC1. The van der Waals surface area contributed by atoms with E-state index in [-0.39, 0.29) is 11.6 Å². The fourth-order valence-corrected chi connectivity index (χ4v) is 4.73. The predicted molar refractivity (Wildman–Crippen MR) is 120 cm³/mol. The summed E-state index contributed by atoms with van der Waals surface area (Å²) in [6, 6.07) is 4.76. The summed E-state index contributed by atoms with van der Waals surface area (Å²) in [5, 5.41) is 11.2. The van der Waals surface area contributed by atoms with Crippen molar-refractivity contribution < 1.29 is 13.6 Å². The molecule has 3 aromatic rings. The maximum atomic E-state index is 14.3. The molecule has 2 aliphatic heterocycles. The van der Waals surface area contributed by atoms with Crippen LogP contribution in [0, 0.1) is 30.4 Å². The quantitative estimate of drug-likeness (QED) is 0.588. The van der Waals surface area contributed by atoms with Crippen LogP contribution < -0.4 is 4.90 Å². The van der Waals surface area contributed by atoms with Gasteiger partial charge >= 0.3 is 0 Å². The van der Waals surface area contributed by atoms with Gasteiger partial charge in [0.15, 0.2) is 5.65 Å². The van der Waals surface area contributed by atoms with Crippen LogP contribution >= 0.6 is 0 Å². The number of amides is 1. The molecule has 2 fully saturated rings. The van der Waals surface area contributed by atoms with Crippen LogP contribution in [0.25, 0.3) is 5.65 Å². The Balaban J connectivity index is 0.00000126. The Hall–Kier alpha value is -3.54. The number of hydrogen-bond donors (Lipinski definition) is 0. The number of hydrogen-bond acceptors (Lipinski definition) is 5. The van der Waals surface area contributed by atoms with Gasteiger partial charge in [-0.25, -0.2) is 23.5 Å². The van der Waals surface area contributed by atoms with Crippen LogP contribution in [0.2, 0.25) is 0 Å². The van der Waals surface area contributed by atoms with Crippen LogP contribution in [0.15, 0.2) is 30.5 Å². The molecule has 1 aromatic carbocycles. The predicted octanol–water partition coefficient (Wildman–Crippen LogP) is 4.42. The first kappa shape index (κ1) is 22.6. The van der Waals surface area contributed by atoms with Gasteiger partial charge in [0.1, 0.15) is 17.5 Å². The van der Waals surface area contributed by atoms with Crippen molar-refractivity contribution in [2.75, 3.05) is 24.5 Å². The van der Waals surface area contributed by atoms with Crippen molar-refractivity contribution in [3.05, 3.63) is 58.9 Å². The molecule has 0 aliphatic carbocycles. The summed E-state index contributed by atoms with van der Waals surface area (Å²) in [7, 11) is 0. The number of fused-ring (bicyclic) bond motifs is 1. The summed E-state index contributed by atoms with van der Waals surface area (Å²) in [5.41, 5.74) is 2.45. The molecule has 0 bridgehead atoms. The summed E-state index contributed by atoms with van der Waals surface area (Å²) in [5.74, 6) is -0.973. The highest BCUT2D eigenvalue weighted by molar-refractivity contribution is 5.94. The van der Waals surface area contributed by atoms with Gasteiger partial charge in [-0.1, -0.05) is 0 Å². The number of likely N-dealkylation sites (tertiary alicyclic amines) is 1. The third-order valence-electron chi connectivity index (χ3n) is 6.30. The van der Waals surface area contributed by atoms with Crippen molar-refractivity contribution in [1.29, 1.82) is 5.26 Å². The zero-order valence-corrected chi connectivity index (χ0v) is 18.5. The highest BCUT2D eigenvalue weighted by Gasteiger charge is 2.32. The number of anilines is 1. The average Bonchev–Trinajstić information content (AvgIpc) is 3.49. The Morgan fingerprint density at radius 3 is 2.55 bits per heavy atom. The van der Waals surface area contributed by atoms with Crippen LogP contribution in [0.3, 0.4) is 0 Å². The van der Waals surface area contributed by atoms with Crippen LogP contribution in [0.1, 0.15) is 59.8 Å². The van der Waals surface area contributed by atoms with Crippen molar-refractivity contribution in [3.63, 3.8) is 0 Å². The molecule has 1 atom stereocenters. The number of aromatic nitrogens is 3. The Morgan fingerprint density at radius 1 is 1.09 bits per heavy atom. The van der Waals surface area contributed by atoms with E-state index in [1.807, 2.05) is 19.2 Å².